The topological polar surface area (TPSA) is 141 Å². The summed E-state index contributed by atoms with van der Waals surface area (Å²) in [5, 5.41) is 5.23. The molecule has 202 valence electrons. The number of nitrogens with zero attached hydrogens (tertiary/aromatic N) is 2. The van der Waals surface area contributed by atoms with Gasteiger partial charge < -0.3 is 10.1 Å². The molecule has 0 atom stereocenters. The zero-order chi connectivity index (χ0) is 28.2. The fraction of sp³-hybridized carbons (Fsp3) is 0.148. The van der Waals surface area contributed by atoms with Gasteiger partial charge in [-0.25, -0.2) is 17.9 Å². The van der Waals surface area contributed by atoms with Crippen LogP contribution in [0.4, 0.5) is 21.9 Å². The Morgan fingerprint density at radius 1 is 0.897 bits per heavy atom. The highest BCUT2D eigenvalue weighted by molar-refractivity contribution is 7.92. The van der Waals surface area contributed by atoms with Crippen LogP contribution in [0, 0.1) is 6.92 Å². The smallest absolute Gasteiger partial charge is 0.411 e. The number of benzene rings is 3. The van der Waals surface area contributed by atoms with E-state index in [2.05, 4.69) is 15.4 Å². The first-order valence-electron chi connectivity index (χ1n) is 11.9. The third-order valence-corrected chi connectivity index (χ3v) is 7.21. The van der Waals surface area contributed by atoms with Crippen molar-refractivity contribution in [2.75, 3.05) is 22.0 Å². The van der Waals surface area contributed by atoms with Crippen LogP contribution in [0.3, 0.4) is 0 Å². The fourth-order valence-electron chi connectivity index (χ4n) is 3.81. The van der Waals surface area contributed by atoms with Gasteiger partial charge in [0.25, 0.3) is 21.5 Å². The van der Waals surface area contributed by atoms with Crippen LogP contribution in [-0.2, 0) is 21.8 Å². The molecule has 0 aliphatic heterocycles. The Morgan fingerprint density at radius 3 is 2.18 bits per heavy atom. The van der Waals surface area contributed by atoms with Gasteiger partial charge in [-0.2, -0.15) is 0 Å². The minimum Gasteiger partial charge on any atom is -0.450 e. The lowest BCUT2D eigenvalue weighted by atomic mass is 10.2. The summed E-state index contributed by atoms with van der Waals surface area (Å²) < 4.78 is 36.6. The molecule has 0 unspecified atom stereocenters. The van der Waals surface area contributed by atoms with Gasteiger partial charge in [0.15, 0.2) is 0 Å². The van der Waals surface area contributed by atoms with Crippen molar-refractivity contribution in [3.8, 4) is 5.69 Å². The number of amides is 2. The number of carbonyl (C=O) groups excluding carboxylic acids is 2. The molecule has 3 aromatic carbocycles. The highest BCUT2D eigenvalue weighted by atomic mass is 32.2. The molecule has 0 saturated heterocycles. The van der Waals surface area contributed by atoms with Gasteiger partial charge in [-0.1, -0.05) is 24.3 Å². The molecule has 4 aromatic rings. The minimum absolute atomic E-state index is 0.0901. The molecule has 0 aliphatic carbocycles. The molecule has 11 nitrogen and oxygen atoms in total. The first-order chi connectivity index (χ1) is 18.6. The maximum absolute atomic E-state index is 13.2. The van der Waals surface area contributed by atoms with Crippen LogP contribution in [0.25, 0.3) is 5.69 Å². The number of aromatic nitrogens is 2. The van der Waals surface area contributed by atoms with Gasteiger partial charge in [0.05, 0.1) is 22.9 Å². The third-order valence-electron chi connectivity index (χ3n) is 5.86. The van der Waals surface area contributed by atoms with Gasteiger partial charge in [-0.15, -0.1) is 0 Å². The molecule has 0 saturated carbocycles. The molecular formula is C27H27N5O6S. The van der Waals surface area contributed by atoms with E-state index >= 15 is 0 Å². The van der Waals surface area contributed by atoms with Crippen LogP contribution in [0.2, 0.25) is 0 Å². The normalized spacial score (nSPS) is 11.1. The van der Waals surface area contributed by atoms with E-state index in [1.54, 1.807) is 74.1 Å². The lowest BCUT2D eigenvalue weighted by molar-refractivity contribution is 0.102. The number of sulfonamides is 1. The molecule has 2 amide bonds. The van der Waals surface area contributed by atoms with Gasteiger partial charge in [-0.05, 0) is 68.4 Å². The molecule has 1 heterocycles. The Balaban J connectivity index is 1.53. The average molecular weight is 550 g/mol. The monoisotopic (exact) mass is 549 g/mol. The molecule has 4 rings (SSSR count). The second-order valence-electron chi connectivity index (χ2n) is 8.45. The van der Waals surface area contributed by atoms with Crippen molar-refractivity contribution < 1.29 is 22.7 Å². The van der Waals surface area contributed by atoms with Crippen LogP contribution in [0.15, 0.2) is 88.6 Å². The molecule has 0 aliphatic rings. The van der Waals surface area contributed by atoms with E-state index in [1.165, 1.54) is 28.9 Å². The number of hydrogen-bond acceptors (Lipinski definition) is 6. The van der Waals surface area contributed by atoms with Crippen molar-refractivity contribution in [3.05, 3.63) is 100 Å². The molecule has 0 radical (unpaired) electrons. The Labute approximate surface area is 225 Å². The zero-order valence-corrected chi connectivity index (χ0v) is 22.3. The summed E-state index contributed by atoms with van der Waals surface area (Å²) in [5.41, 5.74) is 1.39. The summed E-state index contributed by atoms with van der Waals surface area (Å²) in [6.45, 7) is 3.57. The van der Waals surface area contributed by atoms with Crippen molar-refractivity contribution in [2.45, 2.75) is 18.7 Å². The van der Waals surface area contributed by atoms with Crippen molar-refractivity contribution >= 4 is 39.1 Å². The van der Waals surface area contributed by atoms with Gasteiger partial charge in [0.2, 0.25) is 0 Å². The second-order valence-corrected chi connectivity index (χ2v) is 10.1. The van der Waals surface area contributed by atoms with Crippen LogP contribution >= 0.6 is 0 Å². The molecule has 12 heteroatoms. The molecule has 0 fully saturated rings. The summed E-state index contributed by atoms with van der Waals surface area (Å²) in [4.78, 5) is 37.3. The molecular weight excluding hydrogens is 522 g/mol. The van der Waals surface area contributed by atoms with Gasteiger partial charge in [0, 0.05) is 24.0 Å². The predicted molar refractivity (Wildman–Crippen MR) is 148 cm³/mol. The molecule has 0 spiro atoms. The quantitative estimate of drug-likeness (QED) is 0.302. The number of nitrogens with one attached hydrogen (secondary N) is 3. The van der Waals surface area contributed by atoms with Gasteiger partial charge in [0.1, 0.15) is 5.69 Å². The van der Waals surface area contributed by atoms with Gasteiger partial charge >= 0.3 is 6.09 Å². The Morgan fingerprint density at radius 2 is 1.54 bits per heavy atom. The highest BCUT2D eigenvalue weighted by Crippen LogP contribution is 2.21. The molecule has 0 bridgehead atoms. The lowest BCUT2D eigenvalue weighted by Gasteiger charge is -2.10. The van der Waals surface area contributed by atoms with Crippen molar-refractivity contribution in [1.82, 2.24) is 9.36 Å². The standard InChI is InChI=1S/C27H27N5O6S/c1-4-38-27(35)29-21-15-13-20(14-16-21)28-25(33)19-9-8-12-23(17-19)39(36,37)30-24-18(2)31(3)32(26(24)34)22-10-6-5-7-11-22/h5-17,30H,4H2,1-3H3,(H,28,33)(H,29,35). The Bertz CT molecular complexity index is 1680. The minimum atomic E-state index is -4.20. The summed E-state index contributed by atoms with van der Waals surface area (Å²) in [6, 6.07) is 20.7. The van der Waals surface area contributed by atoms with Crippen LogP contribution in [-0.4, -0.2) is 36.4 Å². The summed E-state index contributed by atoms with van der Waals surface area (Å²) >= 11 is 0. The number of hydrogen-bond donors (Lipinski definition) is 3. The highest BCUT2D eigenvalue weighted by Gasteiger charge is 2.23. The predicted octanol–water partition coefficient (Wildman–Crippen LogP) is 4.11. The Kier molecular flexibility index (Phi) is 7.86. The average Bonchev–Trinajstić information content (AvgIpc) is 3.13. The number of carbonyl (C=O) groups is 2. The molecule has 39 heavy (non-hydrogen) atoms. The maximum atomic E-state index is 13.2. The summed E-state index contributed by atoms with van der Waals surface area (Å²) in [5.74, 6) is -0.541. The van der Waals surface area contributed by atoms with Crippen molar-refractivity contribution in [2.24, 2.45) is 7.05 Å². The van der Waals surface area contributed by atoms with Crippen molar-refractivity contribution in [3.63, 3.8) is 0 Å². The van der Waals surface area contributed by atoms with Crippen molar-refractivity contribution in [1.29, 1.82) is 0 Å². The largest absolute Gasteiger partial charge is 0.450 e. The Hall–Kier alpha value is -4.84. The number of rotatable bonds is 8. The number of anilines is 3. The van der Waals surface area contributed by atoms with E-state index in [4.69, 9.17) is 4.74 Å². The molecule has 1 aromatic heterocycles. The maximum Gasteiger partial charge on any atom is 0.411 e. The van der Waals surface area contributed by atoms with E-state index in [9.17, 15) is 22.8 Å². The molecule has 3 N–H and O–H groups in total. The third kappa shape index (κ3) is 6.02. The number of ether oxygens (including phenoxy) is 1. The van der Waals surface area contributed by atoms with Crippen LogP contribution in [0.5, 0.6) is 0 Å². The zero-order valence-electron chi connectivity index (χ0n) is 21.5. The second kappa shape index (κ2) is 11.3. The van der Waals surface area contributed by atoms with Crippen LogP contribution < -0.4 is 20.9 Å². The van der Waals surface area contributed by atoms with E-state index < -0.39 is 27.6 Å². The lowest BCUT2D eigenvalue weighted by Crippen LogP contribution is -2.23. The SMILES string of the molecule is CCOC(=O)Nc1ccc(NC(=O)c2cccc(S(=O)(=O)Nc3c(C)n(C)n(-c4ccccc4)c3=O)c2)cc1. The first kappa shape index (κ1) is 27.2. The van der Waals surface area contributed by atoms with Gasteiger partial charge in [-0.3, -0.25) is 24.3 Å². The summed E-state index contributed by atoms with van der Waals surface area (Å²) in [6.07, 6.45) is -0.592. The van der Waals surface area contributed by atoms with E-state index in [0.29, 0.717) is 22.8 Å². The fourth-order valence-corrected chi connectivity index (χ4v) is 4.97. The van der Waals surface area contributed by atoms with E-state index in [0.717, 1.165) is 0 Å². The van der Waals surface area contributed by atoms with E-state index in [-0.39, 0.29) is 22.8 Å². The van der Waals surface area contributed by atoms with Crippen LogP contribution in [0.1, 0.15) is 23.0 Å². The van der Waals surface area contributed by atoms with E-state index in [1.807, 2.05) is 6.07 Å². The number of para-hydroxylation sites is 1. The summed E-state index contributed by atoms with van der Waals surface area (Å²) in [7, 11) is -2.54. The first-order valence-corrected chi connectivity index (χ1v) is 13.4.